The first-order valence-electron chi connectivity index (χ1n) is 4.77. The molecule has 1 aromatic heterocycles. The Hall–Kier alpha value is -1.09. The largest absolute Gasteiger partial charge is 0.481 e. The number of hydrogen-bond donors (Lipinski definition) is 0. The molecule has 0 bridgehead atoms. The zero-order valence-corrected chi connectivity index (χ0v) is 9.37. The van der Waals surface area contributed by atoms with Gasteiger partial charge in [0.1, 0.15) is 0 Å². The van der Waals surface area contributed by atoms with E-state index in [1.165, 1.54) is 11.1 Å². The third-order valence-electron chi connectivity index (χ3n) is 2.08. The summed E-state index contributed by atoms with van der Waals surface area (Å²) >= 11 is 0. The van der Waals surface area contributed by atoms with Crippen LogP contribution in [0, 0.1) is 6.92 Å². The molecule has 0 saturated carbocycles. The van der Waals surface area contributed by atoms with Crippen molar-refractivity contribution in [2.75, 3.05) is 27.7 Å². The molecule has 78 valence electrons. The molecule has 0 saturated heterocycles. The summed E-state index contributed by atoms with van der Waals surface area (Å²) in [5.74, 6) is 0.748. The molecule has 3 heteroatoms. The van der Waals surface area contributed by atoms with E-state index in [1.54, 1.807) is 7.11 Å². The third kappa shape index (κ3) is 3.00. The highest BCUT2D eigenvalue weighted by Crippen LogP contribution is 2.16. The van der Waals surface area contributed by atoms with Crippen LogP contribution in [0.3, 0.4) is 0 Å². The Balaban J connectivity index is 2.77. The Morgan fingerprint density at radius 2 is 2.14 bits per heavy atom. The van der Waals surface area contributed by atoms with Crippen LogP contribution >= 0.6 is 0 Å². The normalized spacial score (nSPS) is 10.6. The summed E-state index contributed by atoms with van der Waals surface area (Å²) < 4.78 is 5.20. The van der Waals surface area contributed by atoms with Crippen LogP contribution < -0.4 is 4.74 Å². The predicted octanol–water partition coefficient (Wildman–Crippen LogP) is 1.50. The molecule has 0 unspecified atom stereocenters. The summed E-state index contributed by atoms with van der Waals surface area (Å²) in [6, 6.07) is 2.13. The van der Waals surface area contributed by atoms with Gasteiger partial charge in [0.25, 0.3) is 0 Å². The smallest absolute Gasteiger partial charge is 0.216 e. The fourth-order valence-corrected chi connectivity index (χ4v) is 1.32. The van der Waals surface area contributed by atoms with E-state index < -0.39 is 0 Å². The molecule has 0 aliphatic heterocycles. The van der Waals surface area contributed by atoms with Gasteiger partial charge >= 0.3 is 0 Å². The Morgan fingerprint density at radius 1 is 1.43 bits per heavy atom. The van der Waals surface area contributed by atoms with Crippen LogP contribution in [0.5, 0.6) is 5.88 Å². The maximum Gasteiger partial charge on any atom is 0.216 e. The number of aryl methyl sites for hydroxylation is 1. The molecule has 0 amide bonds. The van der Waals surface area contributed by atoms with Gasteiger partial charge in [-0.15, -0.1) is 0 Å². The molecule has 14 heavy (non-hydrogen) atoms. The van der Waals surface area contributed by atoms with Gasteiger partial charge in [-0.2, -0.15) is 0 Å². The summed E-state index contributed by atoms with van der Waals surface area (Å²) in [6.07, 6.45) is 2.81. The van der Waals surface area contributed by atoms with Gasteiger partial charge in [0.15, 0.2) is 0 Å². The van der Waals surface area contributed by atoms with E-state index >= 15 is 0 Å². The first kappa shape index (κ1) is 11.0. The number of aromatic nitrogens is 1. The molecular formula is C11H18N2O. The van der Waals surface area contributed by atoms with Crippen molar-refractivity contribution in [2.24, 2.45) is 0 Å². The average Bonchev–Trinajstić information content (AvgIpc) is 2.15. The predicted molar refractivity (Wildman–Crippen MR) is 57.8 cm³/mol. The van der Waals surface area contributed by atoms with E-state index in [4.69, 9.17) is 4.74 Å². The number of rotatable bonds is 4. The zero-order valence-electron chi connectivity index (χ0n) is 9.37. The van der Waals surface area contributed by atoms with Crippen LogP contribution in [-0.4, -0.2) is 37.6 Å². The summed E-state index contributed by atoms with van der Waals surface area (Å²) in [6.45, 7) is 3.06. The number of pyridine rings is 1. The molecular weight excluding hydrogens is 176 g/mol. The monoisotopic (exact) mass is 194 g/mol. The Kier molecular flexibility index (Phi) is 3.89. The molecule has 0 fully saturated rings. The van der Waals surface area contributed by atoms with Gasteiger partial charge in [0.2, 0.25) is 5.88 Å². The number of likely N-dealkylation sites (N-methyl/N-ethyl adjacent to an activating group) is 1. The van der Waals surface area contributed by atoms with Gasteiger partial charge in [-0.05, 0) is 39.1 Å². The summed E-state index contributed by atoms with van der Waals surface area (Å²) in [7, 11) is 5.79. The molecule has 0 aromatic carbocycles. The summed E-state index contributed by atoms with van der Waals surface area (Å²) in [5.41, 5.74) is 2.36. The molecule has 0 spiro atoms. The second kappa shape index (κ2) is 4.96. The van der Waals surface area contributed by atoms with Gasteiger partial charge in [-0.1, -0.05) is 0 Å². The number of hydrogen-bond acceptors (Lipinski definition) is 3. The maximum absolute atomic E-state index is 5.20. The zero-order chi connectivity index (χ0) is 10.6. The lowest BCUT2D eigenvalue weighted by atomic mass is 10.1. The van der Waals surface area contributed by atoms with E-state index in [0.717, 1.165) is 18.8 Å². The second-order valence-corrected chi connectivity index (χ2v) is 3.73. The van der Waals surface area contributed by atoms with Crippen molar-refractivity contribution in [3.05, 3.63) is 23.4 Å². The van der Waals surface area contributed by atoms with Crippen molar-refractivity contribution in [3.63, 3.8) is 0 Å². The highest BCUT2D eigenvalue weighted by atomic mass is 16.5. The minimum atomic E-state index is 0.748. The van der Waals surface area contributed by atoms with Crippen molar-refractivity contribution in [1.82, 2.24) is 9.88 Å². The topological polar surface area (TPSA) is 25.4 Å². The van der Waals surface area contributed by atoms with Gasteiger partial charge < -0.3 is 9.64 Å². The van der Waals surface area contributed by atoms with Crippen LogP contribution in [0.2, 0.25) is 0 Å². The first-order chi connectivity index (χ1) is 6.63. The molecule has 1 aromatic rings. The fourth-order valence-electron chi connectivity index (χ4n) is 1.32. The highest BCUT2D eigenvalue weighted by molar-refractivity contribution is 5.29. The molecule has 0 N–H and O–H groups in total. The Bertz CT molecular complexity index is 297. The second-order valence-electron chi connectivity index (χ2n) is 3.73. The quantitative estimate of drug-likeness (QED) is 0.726. The van der Waals surface area contributed by atoms with E-state index in [2.05, 4.69) is 30.0 Å². The third-order valence-corrected chi connectivity index (χ3v) is 2.08. The summed E-state index contributed by atoms with van der Waals surface area (Å²) in [4.78, 5) is 6.39. The van der Waals surface area contributed by atoms with Crippen molar-refractivity contribution in [1.29, 1.82) is 0 Å². The van der Waals surface area contributed by atoms with Crippen LogP contribution in [0.4, 0.5) is 0 Å². The van der Waals surface area contributed by atoms with Crippen LogP contribution in [-0.2, 0) is 6.42 Å². The lowest BCUT2D eigenvalue weighted by molar-refractivity contribution is 0.380. The van der Waals surface area contributed by atoms with Gasteiger partial charge in [-0.25, -0.2) is 4.98 Å². The SMILES string of the molecule is COc1ncc(C)cc1CCN(C)C. The lowest BCUT2D eigenvalue weighted by Gasteiger charge is -2.11. The van der Waals surface area contributed by atoms with E-state index in [9.17, 15) is 0 Å². The Labute approximate surface area is 85.7 Å². The molecule has 0 radical (unpaired) electrons. The molecule has 0 atom stereocenters. The minimum absolute atomic E-state index is 0.748. The van der Waals surface area contributed by atoms with E-state index in [1.807, 2.05) is 13.1 Å². The van der Waals surface area contributed by atoms with Gasteiger partial charge in [-0.3, -0.25) is 0 Å². The van der Waals surface area contributed by atoms with Gasteiger partial charge in [0.05, 0.1) is 7.11 Å². The van der Waals surface area contributed by atoms with Crippen molar-refractivity contribution in [3.8, 4) is 5.88 Å². The number of nitrogens with zero attached hydrogens (tertiary/aromatic N) is 2. The standard InChI is InChI=1S/C11H18N2O/c1-9-7-10(5-6-13(2)3)11(14-4)12-8-9/h7-8H,5-6H2,1-4H3. The number of ether oxygens (including phenoxy) is 1. The van der Waals surface area contributed by atoms with Crippen LogP contribution in [0.1, 0.15) is 11.1 Å². The van der Waals surface area contributed by atoms with Crippen molar-refractivity contribution >= 4 is 0 Å². The van der Waals surface area contributed by atoms with Gasteiger partial charge in [0, 0.05) is 18.3 Å². The Morgan fingerprint density at radius 3 is 2.71 bits per heavy atom. The minimum Gasteiger partial charge on any atom is -0.481 e. The van der Waals surface area contributed by atoms with E-state index in [0.29, 0.717) is 0 Å². The molecule has 1 heterocycles. The average molecular weight is 194 g/mol. The lowest BCUT2D eigenvalue weighted by Crippen LogP contribution is -2.15. The molecule has 0 aliphatic rings. The van der Waals surface area contributed by atoms with Crippen molar-refractivity contribution < 1.29 is 4.74 Å². The molecule has 1 rings (SSSR count). The maximum atomic E-state index is 5.20. The van der Waals surface area contributed by atoms with Crippen molar-refractivity contribution in [2.45, 2.75) is 13.3 Å². The first-order valence-corrected chi connectivity index (χ1v) is 4.77. The number of methoxy groups -OCH3 is 1. The summed E-state index contributed by atoms with van der Waals surface area (Å²) in [5, 5.41) is 0. The molecule has 0 aliphatic carbocycles. The van der Waals surface area contributed by atoms with Crippen LogP contribution in [0.15, 0.2) is 12.3 Å². The highest BCUT2D eigenvalue weighted by Gasteiger charge is 2.04. The van der Waals surface area contributed by atoms with E-state index in [-0.39, 0.29) is 0 Å². The van der Waals surface area contributed by atoms with Crippen LogP contribution in [0.25, 0.3) is 0 Å². The fraction of sp³-hybridized carbons (Fsp3) is 0.545. The molecule has 3 nitrogen and oxygen atoms in total.